The molecule has 1 rings (SSSR count). The average molecular weight is 279 g/mol. The van der Waals surface area contributed by atoms with Crippen LogP contribution in [0.2, 0.25) is 19.6 Å². The Balaban J connectivity index is 3.38. The minimum Gasteiger partial charge on any atom is -0.456 e. The summed E-state index contributed by atoms with van der Waals surface area (Å²) in [5, 5.41) is 1.13. The number of carbonyl (C=O) groups excluding carboxylic acids is 1. The van der Waals surface area contributed by atoms with Crippen molar-refractivity contribution in [2.75, 3.05) is 0 Å². The fourth-order valence-corrected chi connectivity index (χ4v) is 3.68. The van der Waals surface area contributed by atoms with E-state index in [-0.39, 0.29) is 5.97 Å². The second-order valence-electron chi connectivity index (χ2n) is 7.02. The van der Waals surface area contributed by atoms with Gasteiger partial charge in [0.05, 0.1) is 19.3 Å². The Bertz CT molecular complexity index is 496. The SMILES string of the molecule is Cc1cc([Si](C)(C)C)c(C(=O)OC(C)(C)C)c(C)n1. The molecule has 0 saturated heterocycles. The standard InChI is InChI=1S/C15H25NO2Si/c1-10-9-12(19(6,7)8)13(11(2)16-10)14(17)18-15(3,4)5/h9H,1-8H3. The molecule has 0 aromatic carbocycles. The van der Waals surface area contributed by atoms with Crippen LogP contribution in [-0.2, 0) is 4.74 Å². The summed E-state index contributed by atoms with van der Waals surface area (Å²) in [6.07, 6.45) is 0. The van der Waals surface area contributed by atoms with Gasteiger partial charge in [-0.1, -0.05) is 19.6 Å². The van der Waals surface area contributed by atoms with Gasteiger partial charge in [0.2, 0.25) is 0 Å². The highest BCUT2D eigenvalue weighted by atomic mass is 28.3. The Labute approximate surface area is 117 Å². The second kappa shape index (κ2) is 5.08. The zero-order chi connectivity index (χ0) is 15.0. The van der Waals surface area contributed by atoms with Crippen LogP contribution in [0.4, 0.5) is 0 Å². The fourth-order valence-electron chi connectivity index (χ4n) is 2.01. The van der Waals surface area contributed by atoms with Crippen molar-refractivity contribution in [3.05, 3.63) is 23.0 Å². The quantitative estimate of drug-likeness (QED) is 0.616. The molecule has 0 aliphatic carbocycles. The molecule has 0 bridgehead atoms. The zero-order valence-electron chi connectivity index (χ0n) is 13.3. The van der Waals surface area contributed by atoms with Gasteiger partial charge in [0.15, 0.2) is 0 Å². The highest BCUT2D eigenvalue weighted by molar-refractivity contribution is 6.89. The van der Waals surface area contributed by atoms with E-state index in [0.29, 0.717) is 5.56 Å². The van der Waals surface area contributed by atoms with Gasteiger partial charge >= 0.3 is 5.97 Å². The third kappa shape index (κ3) is 4.16. The molecule has 0 unspecified atom stereocenters. The molecule has 0 spiro atoms. The first kappa shape index (κ1) is 15.9. The number of hydrogen-bond donors (Lipinski definition) is 0. The molecule has 106 valence electrons. The summed E-state index contributed by atoms with van der Waals surface area (Å²) >= 11 is 0. The molecule has 0 atom stereocenters. The second-order valence-corrected chi connectivity index (χ2v) is 12.1. The molecule has 1 aromatic heterocycles. The number of esters is 1. The molecule has 4 heteroatoms. The molecule has 0 saturated carbocycles. The first-order chi connectivity index (χ1) is 8.42. The van der Waals surface area contributed by atoms with Gasteiger partial charge < -0.3 is 4.74 Å². The van der Waals surface area contributed by atoms with Crippen LogP contribution in [0.3, 0.4) is 0 Å². The number of hydrogen-bond acceptors (Lipinski definition) is 3. The Morgan fingerprint density at radius 3 is 2.16 bits per heavy atom. The van der Waals surface area contributed by atoms with E-state index in [2.05, 4.69) is 24.6 Å². The van der Waals surface area contributed by atoms with E-state index < -0.39 is 13.7 Å². The summed E-state index contributed by atoms with van der Waals surface area (Å²) in [5.41, 5.74) is 1.92. The van der Waals surface area contributed by atoms with Crippen molar-refractivity contribution >= 4 is 19.2 Å². The smallest absolute Gasteiger partial charge is 0.340 e. The molecule has 19 heavy (non-hydrogen) atoms. The minimum absolute atomic E-state index is 0.255. The largest absolute Gasteiger partial charge is 0.456 e. The molecular formula is C15H25NO2Si. The molecule has 1 aromatic rings. The van der Waals surface area contributed by atoms with Crippen LogP contribution < -0.4 is 5.19 Å². The lowest BCUT2D eigenvalue weighted by atomic mass is 10.1. The van der Waals surface area contributed by atoms with Crippen LogP contribution in [0.25, 0.3) is 0 Å². The van der Waals surface area contributed by atoms with Gasteiger partial charge in [-0.15, -0.1) is 0 Å². The summed E-state index contributed by atoms with van der Waals surface area (Å²) in [7, 11) is -1.62. The van der Waals surface area contributed by atoms with E-state index in [1.165, 1.54) is 0 Å². The van der Waals surface area contributed by atoms with Crippen molar-refractivity contribution in [2.45, 2.75) is 59.9 Å². The molecule has 0 radical (unpaired) electrons. The Morgan fingerprint density at radius 1 is 1.21 bits per heavy atom. The van der Waals surface area contributed by atoms with Crippen LogP contribution in [0.1, 0.15) is 42.5 Å². The van der Waals surface area contributed by atoms with Crippen molar-refractivity contribution in [1.82, 2.24) is 4.98 Å². The first-order valence-corrected chi connectivity index (χ1v) is 10.1. The van der Waals surface area contributed by atoms with Gasteiger partial charge in [-0.3, -0.25) is 4.98 Å². The predicted octanol–water partition coefficient (Wildman–Crippen LogP) is 3.20. The van der Waals surface area contributed by atoms with E-state index >= 15 is 0 Å². The molecule has 0 fully saturated rings. The number of pyridine rings is 1. The summed E-state index contributed by atoms with van der Waals surface area (Å²) in [6, 6.07) is 2.04. The van der Waals surface area contributed by atoms with Crippen LogP contribution in [-0.4, -0.2) is 24.6 Å². The Hall–Kier alpha value is -1.16. The normalized spacial score (nSPS) is 12.4. The van der Waals surface area contributed by atoms with E-state index in [0.717, 1.165) is 16.6 Å². The third-order valence-electron chi connectivity index (χ3n) is 2.74. The number of aryl methyl sites for hydroxylation is 2. The highest BCUT2D eigenvalue weighted by Gasteiger charge is 2.29. The lowest BCUT2D eigenvalue weighted by Gasteiger charge is -2.25. The molecule has 1 heterocycles. The molecule has 0 amide bonds. The summed E-state index contributed by atoms with van der Waals surface area (Å²) in [5.74, 6) is -0.255. The van der Waals surface area contributed by atoms with E-state index in [1.54, 1.807) is 0 Å². The van der Waals surface area contributed by atoms with Crippen molar-refractivity contribution in [1.29, 1.82) is 0 Å². The molecule has 3 nitrogen and oxygen atoms in total. The summed E-state index contributed by atoms with van der Waals surface area (Å²) in [4.78, 5) is 16.8. The number of nitrogens with zero attached hydrogens (tertiary/aromatic N) is 1. The van der Waals surface area contributed by atoms with Crippen molar-refractivity contribution in [2.24, 2.45) is 0 Å². The van der Waals surface area contributed by atoms with Gasteiger partial charge in [-0.05, 0) is 45.9 Å². The van der Waals surface area contributed by atoms with Crippen LogP contribution in [0.15, 0.2) is 6.07 Å². The van der Waals surface area contributed by atoms with Gasteiger partial charge in [0.1, 0.15) is 5.60 Å². The maximum absolute atomic E-state index is 12.4. The monoisotopic (exact) mass is 279 g/mol. The Morgan fingerprint density at radius 2 is 1.74 bits per heavy atom. The predicted molar refractivity (Wildman–Crippen MR) is 81.9 cm³/mol. The summed E-state index contributed by atoms with van der Waals surface area (Å²) < 4.78 is 5.52. The van der Waals surface area contributed by atoms with Crippen LogP contribution >= 0.6 is 0 Å². The van der Waals surface area contributed by atoms with Crippen molar-refractivity contribution in [3.63, 3.8) is 0 Å². The Kier molecular flexibility index (Phi) is 4.25. The fraction of sp³-hybridized carbons (Fsp3) is 0.600. The maximum Gasteiger partial charge on any atom is 0.340 e. The third-order valence-corrected chi connectivity index (χ3v) is 4.75. The van der Waals surface area contributed by atoms with E-state index in [9.17, 15) is 4.79 Å². The average Bonchev–Trinajstić information content (AvgIpc) is 2.11. The lowest BCUT2D eigenvalue weighted by Crippen LogP contribution is -2.43. The molecule has 0 aliphatic rings. The van der Waals surface area contributed by atoms with Crippen molar-refractivity contribution in [3.8, 4) is 0 Å². The zero-order valence-corrected chi connectivity index (χ0v) is 14.3. The van der Waals surface area contributed by atoms with Gasteiger partial charge in [0.25, 0.3) is 0 Å². The van der Waals surface area contributed by atoms with E-state index in [4.69, 9.17) is 4.74 Å². The van der Waals surface area contributed by atoms with E-state index in [1.807, 2.05) is 40.7 Å². The van der Waals surface area contributed by atoms with Crippen LogP contribution in [0, 0.1) is 13.8 Å². The maximum atomic E-state index is 12.4. The highest BCUT2D eigenvalue weighted by Crippen LogP contribution is 2.16. The topological polar surface area (TPSA) is 39.2 Å². The summed E-state index contributed by atoms with van der Waals surface area (Å²) in [6.45, 7) is 16.2. The van der Waals surface area contributed by atoms with Crippen LogP contribution in [0.5, 0.6) is 0 Å². The number of carbonyl (C=O) groups is 1. The number of ether oxygens (including phenoxy) is 1. The number of rotatable bonds is 2. The first-order valence-electron chi connectivity index (χ1n) is 6.64. The molecule has 0 aliphatic heterocycles. The van der Waals surface area contributed by atoms with Gasteiger partial charge in [0, 0.05) is 5.69 Å². The van der Waals surface area contributed by atoms with Gasteiger partial charge in [-0.25, -0.2) is 4.79 Å². The van der Waals surface area contributed by atoms with Crippen molar-refractivity contribution < 1.29 is 9.53 Å². The number of aromatic nitrogens is 1. The molecular weight excluding hydrogens is 254 g/mol. The lowest BCUT2D eigenvalue weighted by molar-refractivity contribution is 0.00697. The molecule has 0 N–H and O–H groups in total. The van der Waals surface area contributed by atoms with Gasteiger partial charge in [-0.2, -0.15) is 0 Å². The minimum atomic E-state index is -1.62.